The average molecular weight is 446 g/mol. The summed E-state index contributed by atoms with van der Waals surface area (Å²) >= 11 is 0. The Morgan fingerprint density at radius 2 is 1.72 bits per heavy atom. The lowest BCUT2D eigenvalue weighted by Crippen LogP contribution is -2.44. The Morgan fingerprint density at radius 3 is 2.44 bits per heavy atom. The monoisotopic (exact) mass is 446 g/mol. The van der Waals surface area contributed by atoms with E-state index in [1.54, 1.807) is 30.6 Å². The quantitative estimate of drug-likeness (QED) is 0.579. The standard InChI is InChI=1S/C21H18F4N6O/c22-14-10-12(21(23,24)25)11-29-19(14)30-15-5-1-6-16(15)31-20(32)17-13(4-2-7-26-17)18-27-8-3-9-28-18/h2-4,7-11,15-16H,1,5-6H2,(H,29,30)(H,31,32)/t15-,16?/m0/s1. The van der Waals surface area contributed by atoms with Gasteiger partial charge in [-0.25, -0.2) is 19.3 Å². The second-order valence-electron chi connectivity index (χ2n) is 7.29. The fourth-order valence-electron chi connectivity index (χ4n) is 3.62. The van der Waals surface area contributed by atoms with Gasteiger partial charge < -0.3 is 10.6 Å². The van der Waals surface area contributed by atoms with Crippen LogP contribution < -0.4 is 10.6 Å². The first kappa shape index (κ1) is 21.6. The summed E-state index contributed by atoms with van der Waals surface area (Å²) in [6.07, 6.45) is 2.42. The van der Waals surface area contributed by atoms with E-state index in [1.165, 1.54) is 6.20 Å². The molecular weight excluding hydrogens is 428 g/mol. The van der Waals surface area contributed by atoms with Gasteiger partial charge in [0.05, 0.1) is 11.1 Å². The maximum Gasteiger partial charge on any atom is 0.417 e. The fraction of sp³-hybridized carbons (Fsp3) is 0.286. The van der Waals surface area contributed by atoms with Crippen LogP contribution in [0.3, 0.4) is 0 Å². The zero-order chi connectivity index (χ0) is 22.7. The highest BCUT2D eigenvalue weighted by Gasteiger charge is 2.34. The third-order valence-electron chi connectivity index (χ3n) is 5.15. The van der Waals surface area contributed by atoms with Gasteiger partial charge in [-0.15, -0.1) is 0 Å². The Bertz CT molecular complexity index is 1110. The van der Waals surface area contributed by atoms with E-state index in [1.807, 2.05) is 0 Å². The number of anilines is 1. The van der Waals surface area contributed by atoms with Crippen molar-refractivity contribution in [3.8, 4) is 11.4 Å². The number of alkyl halides is 3. The van der Waals surface area contributed by atoms with E-state index < -0.39 is 35.5 Å². The van der Waals surface area contributed by atoms with E-state index in [2.05, 4.69) is 30.6 Å². The molecule has 3 aromatic rings. The number of pyridine rings is 2. The van der Waals surface area contributed by atoms with Crippen molar-refractivity contribution in [2.24, 2.45) is 0 Å². The molecule has 2 N–H and O–H groups in total. The van der Waals surface area contributed by atoms with E-state index >= 15 is 0 Å². The Morgan fingerprint density at radius 1 is 1.00 bits per heavy atom. The third-order valence-corrected chi connectivity index (χ3v) is 5.15. The van der Waals surface area contributed by atoms with Crippen LogP contribution in [0.1, 0.15) is 35.3 Å². The number of carbonyl (C=O) groups is 1. The molecule has 0 aliphatic heterocycles. The molecular formula is C21H18F4N6O. The summed E-state index contributed by atoms with van der Waals surface area (Å²) in [5.41, 5.74) is -0.561. The average Bonchev–Trinajstić information content (AvgIpc) is 3.21. The molecule has 7 nitrogen and oxygen atoms in total. The van der Waals surface area contributed by atoms with Crippen molar-refractivity contribution < 1.29 is 22.4 Å². The molecule has 1 saturated carbocycles. The van der Waals surface area contributed by atoms with E-state index in [0.717, 1.165) is 6.42 Å². The molecule has 0 radical (unpaired) electrons. The van der Waals surface area contributed by atoms with Crippen molar-refractivity contribution in [2.75, 3.05) is 5.32 Å². The van der Waals surface area contributed by atoms with Crippen LogP contribution in [-0.2, 0) is 6.18 Å². The van der Waals surface area contributed by atoms with Crippen molar-refractivity contribution in [1.82, 2.24) is 25.3 Å². The molecule has 166 valence electrons. The highest BCUT2D eigenvalue weighted by atomic mass is 19.4. The van der Waals surface area contributed by atoms with Gasteiger partial charge in [0.1, 0.15) is 5.69 Å². The number of hydrogen-bond acceptors (Lipinski definition) is 6. The summed E-state index contributed by atoms with van der Waals surface area (Å²) in [7, 11) is 0. The van der Waals surface area contributed by atoms with Crippen molar-refractivity contribution in [3.63, 3.8) is 0 Å². The van der Waals surface area contributed by atoms with Gasteiger partial charge in [-0.05, 0) is 43.5 Å². The molecule has 3 aromatic heterocycles. The van der Waals surface area contributed by atoms with Gasteiger partial charge in [-0.2, -0.15) is 13.2 Å². The van der Waals surface area contributed by atoms with Gasteiger partial charge in [0, 0.05) is 36.9 Å². The smallest absolute Gasteiger partial charge is 0.363 e. The van der Waals surface area contributed by atoms with Gasteiger partial charge in [0.25, 0.3) is 5.91 Å². The van der Waals surface area contributed by atoms with Gasteiger partial charge in [0.2, 0.25) is 0 Å². The minimum absolute atomic E-state index is 0.142. The first-order chi connectivity index (χ1) is 15.3. The molecule has 1 fully saturated rings. The van der Waals surface area contributed by atoms with Crippen LogP contribution in [0.4, 0.5) is 23.4 Å². The molecule has 0 aromatic carbocycles. The molecule has 3 heterocycles. The number of nitrogens with one attached hydrogen (secondary N) is 2. The highest BCUT2D eigenvalue weighted by molar-refractivity contribution is 5.98. The van der Waals surface area contributed by atoms with Crippen LogP contribution in [-0.4, -0.2) is 37.9 Å². The van der Waals surface area contributed by atoms with Crippen molar-refractivity contribution >= 4 is 11.7 Å². The second kappa shape index (κ2) is 8.85. The molecule has 2 atom stereocenters. The van der Waals surface area contributed by atoms with Crippen LogP contribution in [0.25, 0.3) is 11.4 Å². The lowest BCUT2D eigenvalue weighted by molar-refractivity contribution is -0.138. The zero-order valence-electron chi connectivity index (χ0n) is 16.6. The predicted molar refractivity (Wildman–Crippen MR) is 107 cm³/mol. The Labute approximate surface area is 180 Å². The Balaban J connectivity index is 1.49. The van der Waals surface area contributed by atoms with Crippen molar-refractivity contribution in [2.45, 2.75) is 37.5 Å². The van der Waals surface area contributed by atoms with Crippen molar-refractivity contribution in [3.05, 3.63) is 66.1 Å². The molecule has 0 bridgehead atoms. The van der Waals surface area contributed by atoms with E-state index in [4.69, 9.17) is 0 Å². The summed E-state index contributed by atoms with van der Waals surface area (Å²) in [5, 5.41) is 5.71. The Kier molecular flexibility index (Phi) is 5.97. The summed E-state index contributed by atoms with van der Waals surface area (Å²) in [4.78, 5) is 29.0. The highest BCUT2D eigenvalue weighted by Crippen LogP contribution is 2.31. The first-order valence-corrected chi connectivity index (χ1v) is 9.85. The third kappa shape index (κ3) is 4.66. The normalized spacial score (nSPS) is 18.4. The van der Waals surface area contributed by atoms with E-state index in [9.17, 15) is 22.4 Å². The SMILES string of the molecule is O=C(NC1CCC[C@@H]1Nc1ncc(C(F)(F)F)cc1F)c1ncccc1-c1ncccn1. The molecule has 32 heavy (non-hydrogen) atoms. The number of carbonyl (C=O) groups excluding carboxylic acids is 1. The molecule has 1 aliphatic rings. The summed E-state index contributed by atoms with van der Waals surface area (Å²) in [6, 6.07) is 4.61. The van der Waals surface area contributed by atoms with Gasteiger partial charge in [-0.1, -0.05) is 0 Å². The number of hydrogen-bond donors (Lipinski definition) is 2. The van der Waals surface area contributed by atoms with Crippen LogP contribution in [0.5, 0.6) is 0 Å². The largest absolute Gasteiger partial charge is 0.417 e. The number of halogens is 4. The topological polar surface area (TPSA) is 92.7 Å². The van der Waals surface area contributed by atoms with Crippen LogP contribution in [0.2, 0.25) is 0 Å². The number of amides is 1. The number of nitrogens with zero attached hydrogens (tertiary/aromatic N) is 4. The van der Waals surface area contributed by atoms with Gasteiger partial charge >= 0.3 is 6.18 Å². The molecule has 4 rings (SSSR count). The molecule has 1 aliphatic carbocycles. The maximum absolute atomic E-state index is 14.2. The molecule has 0 saturated heterocycles. The predicted octanol–water partition coefficient (Wildman–Crippen LogP) is 3.85. The minimum atomic E-state index is -4.68. The molecule has 1 amide bonds. The van der Waals surface area contributed by atoms with Gasteiger partial charge in [0.15, 0.2) is 17.5 Å². The summed E-state index contributed by atoms with van der Waals surface area (Å²) in [5.74, 6) is -1.50. The molecule has 11 heteroatoms. The molecule has 0 spiro atoms. The lowest BCUT2D eigenvalue weighted by Gasteiger charge is -2.23. The second-order valence-corrected chi connectivity index (χ2v) is 7.29. The summed E-state index contributed by atoms with van der Waals surface area (Å²) in [6.45, 7) is 0. The fourth-order valence-corrected chi connectivity index (χ4v) is 3.62. The first-order valence-electron chi connectivity index (χ1n) is 9.85. The number of rotatable bonds is 5. The van der Waals surface area contributed by atoms with Gasteiger partial charge in [-0.3, -0.25) is 9.78 Å². The lowest BCUT2D eigenvalue weighted by atomic mass is 10.1. The van der Waals surface area contributed by atoms with Crippen LogP contribution >= 0.6 is 0 Å². The summed E-state index contributed by atoms with van der Waals surface area (Å²) < 4.78 is 52.4. The molecule has 1 unspecified atom stereocenters. The zero-order valence-corrected chi connectivity index (χ0v) is 16.6. The number of aromatic nitrogens is 4. The van der Waals surface area contributed by atoms with Crippen LogP contribution in [0.15, 0.2) is 49.1 Å². The van der Waals surface area contributed by atoms with E-state index in [0.29, 0.717) is 36.5 Å². The maximum atomic E-state index is 14.2. The Hall–Kier alpha value is -3.63. The van der Waals surface area contributed by atoms with Crippen molar-refractivity contribution in [1.29, 1.82) is 0 Å². The van der Waals surface area contributed by atoms with Crippen LogP contribution in [0, 0.1) is 5.82 Å². The minimum Gasteiger partial charge on any atom is -0.363 e. The van der Waals surface area contributed by atoms with E-state index in [-0.39, 0.29) is 11.5 Å².